The molecule has 2 heterocycles. The SMILES string of the molecule is CCOc1ccc(Cl)c(C(=O)Nc2nc(C)c(Cc3ccccc3F)s2)n1. The molecule has 0 radical (unpaired) electrons. The van der Waals surface area contributed by atoms with E-state index < -0.39 is 5.91 Å². The van der Waals surface area contributed by atoms with Crippen molar-refractivity contribution in [2.24, 2.45) is 0 Å². The van der Waals surface area contributed by atoms with E-state index in [1.807, 2.05) is 13.8 Å². The Kier molecular flexibility index (Phi) is 6.03. The Hall–Kier alpha value is -2.51. The number of carbonyl (C=O) groups is 1. The van der Waals surface area contributed by atoms with Gasteiger partial charge in [0.25, 0.3) is 5.91 Å². The minimum absolute atomic E-state index is 0.0612. The van der Waals surface area contributed by atoms with Gasteiger partial charge in [-0.05, 0) is 31.5 Å². The van der Waals surface area contributed by atoms with Crippen molar-refractivity contribution in [2.45, 2.75) is 20.3 Å². The number of pyridine rings is 1. The number of halogens is 2. The Labute approximate surface area is 165 Å². The maximum atomic E-state index is 13.9. The van der Waals surface area contributed by atoms with Crippen molar-refractivity contribution in [3.8, 4) is 5.88 Å². The number of ether oxygens (including phenoxy) is 1. The molecule has 1 aromatic carbocycles. The molecule has 0 spiro atoms. The smallest absolute Gasteiger partial charge is 0.277 e. The Morgan fingerprint density at radius 3 is 2.78 bits per heavy atom. The molecular formula is C19H17ClFN3O2S. The van der Waals surface area contributed by atoms with Gasteiger partial charge in [-0.15, -0.1) is 11.3 Å². The molecule has 3 rings (SSSR count). The number of hydrogen-bond donors (Lipinski definition) is 1. The van der Waals surface area contributed by atoms with E-state index in [0.29, 0.717) is 29.6 Å². The van der Waals surface area contributed by atoms with Crippen molar-refractivity contribution < 1.29 is 13.9 Å². The Balaban J connectivity index is 1.78. The second-order valence-corrected chi connectivity index (χ2v) is 7.15. The van der Waals surface area contributed by atoms with E-state index in [0.717, 1.165) is 10.6 Å². The summed E-state index contributed by atoms with van der Waals surface area (Å²) in [6.45, 7) is 4.08. The van der Waals surface area contributed by atoms with Gasteiger partial charge in [0.2, 0.25) is 5.88 Å². The van der Waals surface area contributed by atoms with Crippen LogP contribution in [0.25, 0.3) is 0 Å². The average Bonchev–Trinajstić information content (AvgIpc) is 2.97. The molecule has 0 unspecified atom stereocenters. The number of nitrogens with one attached hydrogen (secondary N) is 1. The van der Waals surface area contributed by atoms with E-state index in [-0.39, 0.29) is 16.5 Å². The molecule has 0 aliphatic rings. The van der Waals surface area contributed by atoms with Gasteiger partial charge in [0.1, 0.15) is 5.82 Å². The van der Waals surface area contributed by atoms with Crippen molar-refractivity contribution in [3.05, 3.63) is 69.1 Å². The summed E-state index contributed by atoms with van der Waals surface area (Å²) < 4.78 is 19.2. The average molecular weight is 406 g/mol. The lowest BCUT2D eigenvalue weighted by atomic mass is 10.1. The zero-order chi connectivity index (χ0) is 19.4. The number of hydrogen-bond acceptors (Lipinski definition) is 5. The normalized spacial score (nSPS) is 10.7. The molecule has 0 fully saturated rings. The highest BCUT2D eigenvalue weighted by atomic mass is 35.5. The summed E-state index contributed by atoms with van der Waals surface area (Å²) in [6, 6.07) is 9.75. The van der Waals surface area contributed by atoms with E-state index in [1.54, 1.807) is 30.3 Å². The first-order valence-corrected chi connectivity index (χ1v) is 9.47. The van der Waals surface area contributed by atoms with E-state index in [9.17, 15) is 9.18 Å². The first kappa shape index (κ1) is 19.3. The van der Waals surface area contributed by atoms with Crippen LogP contribution >= 0.6 is 22.9 Å². The van der Waals surface area contributed by atoms with Crippen LogP contribution in [-0.2, 0) is 6.42 Å². The second kappa shape index (κ2) is 8.45. The Bertz CT molecular complexity index is 977. The molecule has 1 N–H and O–H groups in total. The fraction of sp³-hybridized carbons (Fsp3) is 0.211. The van der Waals surface area contributed by atoms with Crippen molar-refractivity contribution in [1.82, 2.24) is 9.97 Å². The van der Waals surface area contributed by atoms with Crippen LogP contribution in [-0.4, -0.2) is 22.5 Å². The molecule has 0 saturated heterocycles. The van der Waals surface area contributed by atoms with Crippen molar-refractivity contribution in [3.63, 3.8) is 0 Å². The van der Waals surface area contributed by atoms with Crippen LogP contribution in [0.1, 0.15) is 33.5 Å². The van der Waals surface area contributed by atoms with Gasteiger partial charge >= 0.3 is 0 Å². The predicted octanol–water partition coefficient (Wildman–Crippen LogP) is 4.88. The maximum absolute atomic E-state index is 13.9. The number of rotatable bonds is 6. The van der Waals surface area contributed by atoms with Crippen LogP contribution < -0.4 is 10.1 Å². The van der Waals surface area contributed by atoms with Gasteiger partial charge < -0.3 is 4.74 Å². The highest BCUT2D eigenvalue weighted by molar-refractivity contribution is 7.15. The predicted molar refractivity (Wildman–Crippen MR) is 104 cm³/mol. The molecule has 140 valence electrons. The summed E-state index contributed by atoms with van der Waals surface area (Å²) in [4.78, 5) is 21.9. The molecule has 5 nitrogen and oxygen atoms in total. The van der Waals surface area contributed by atoms with Gasteiger partial charge in [-0.25, -0.2) is 14.4 Å². The van der Waals surface area contributed by atoms with Crippen LogP contribution in [0.3, 0.4) is 0 Å². The minimum atomic E-state index is -0.479. The monoisotopic (exact) mass is 405 g/mol. The zero-order valence-corrected chi connectivity index (χ0v) is 16.3. The molecule has 0 bridgehead atoms. The summed E-state index contributed by atoms with van der Waals surface area (Å²) in [6.07, 6.45) is 0.408. The van der Waals surface area contributed by atoms with E-state index in [4.69, 9.17) is 16.3 Å². The highest BCUT2D eigenvalue weighted by Crippen LogP contribution is 2.27. The topological polar surface area (TPSA) is 64.1 Å². The second-order valence-electron chi connectivity index (χ2n) is 5.66. The Morgan fingerprint density at radius 1 is 1.26 bits per heavy atom. The molecule has 0 aliphatic carbocycles. The number of carbonyl (C=O) groups excluding carboxylic acids is 1. The molecule has 2 aromatic heterocycles. The van der Waals surface area contributed by atoms with Gasteiger partial charge in [-0.2, -0.15) is 0 Å². The lowest BCUT2D eigenvalue weighted by Crippen LogP contribution is -2.14. The van der Waals surface area contributed by atoms with Crippen molar-refractivity contribution in [1.29, 1.82) is 0 Å². The summed E-state index contributed by atoms with van der Waals surface area (Å²) in [5, 5.41) is 3.33. The number of thiazole rings is 1. The summed E-state index contributed by atoms with van der Waals surface area (Å²) >= 11 is 7.38. The van der Waals surface area contributed by atoms with Crippen LogP contribution in [0.5, 0.6) is 5.88 Å². The molecule has 1 amide bonds. The fourth-order valence-corrected chi connectivity index (χ4v) is 3.60. The van der Waals surface area contributed by atoms with Crippen LogP contribution in [0, 0.1) is 12.7 Å². The van der Waals surface area contributed by atoms with Gasteiger partial charge in [0.15, 0.2) is 10.8 Å². The lowest BCUT2D eigenvalue weighted by molar-refractivity contribution is 0.102. The quantitative estimate of drug-likeness (QED) is 0.634. The molecule has 8 heteroatoms. The highest BCUT2D eigenvalue weighted by Gasteiger charge is 2.17. The van der Waals surface area contributed by atoms with Crippen molar-refractivity contribution in [2.75, 3.05) is 11.9 Å². The molecule has 27 heavy (non-hydrogen) atoms. The molecule has 0 atom stereocenters. The molecular weight excluding hydrogens is 389 g/mol. The third-order valence-electron chi connectivity index (χ3n) is 3.75. The van der Waals surface area contributed by atoms with Crippen LogP contribution in [0.4, 0.5) is 9.52 Å². The number of aryl methyl sites for hydroxylation is 1. The summed E-state index contributed by atoms with van der Waals surface area (Å²) in [7, 11) is 0. The van der Waals surface area contributed by atoms with Gasteiger partial charge in [-0.3, -0.25) is 10.1 Å². The first-order valence-electron chi connectivity index (χ1n) is 8.28. The van der Waals surface area contributed by atoms with E-state index in [2.05, 4.69) is 15.3 Å². The summed E-state index contributed by atoms with van der Waals surface area (Å²) in [5.74, 6) is -0.421. The number of anilines is 1. The molecule has 0 aliphatic heterocycles. The van der Waals surface area contributed by atoms with Gasteiger partial charge in [0, 0.05) is 17.4 Å². The largest absolute Gasteiger partial charge is 0.478 e. The fourth-order valence-electron chi connectivity index (χ4n) is 2.43. The van der Waals surface area contributed by atoms with Gasteiger partial charge in [-0.1, -0.05) is 29.8 Å². The maximum Gasteiger partial charge on any atom is 0.277 e. The number of aromatic nitrogens is 2. The van der Waals surface area contributed by atoms with E-state index >= 15 is 0 Å². The Morgan fingerprint density at radius 2 is 2.04 bits per heavy atom. The first-order chi connectivity index (χ1) is 13.0. The number of benzene rings is 1. The number of amides is 1. The minimum Gasteiger partial charge on any atom is -0.478 e. The van der Waals surface area contributed by atoms with Crippen molar-refractivity contribution >= 4 is 34.0 Å². The number of nitrogens with zero attached hydrogens (tertiary/aromatic N) is 2. The standard InChI is InChI=1S/C19H17ClFN3O2S/c1-3-26-16-9-8-13(20)17(23-16)18(25)24-19-22-11(2)15(27-19)10-12-6-4-5-7-14(12)21/h4-9H,3,10H2,1-2H3,(H,22,24,25). The third-order valence-corrected chi connectivity index (χ3v) is 5.13. The van der Waals surface area contributed by atoms with Crippen LogP contribution in [0.2, 0.25) is 5.02 Å². The lowest BCUT2D eigenvalue weighted by Gasteiger charge is -2.06. The van der Waals surface area contributed by atoms with Crippen LogP contribution in [0.15, 0.2) is 36.4 Å². The summed E-state index contributed by atoms with van der Waals surface area (Å²) in [5.41, 5.74) is 1.38. The molecule has 3 aromatic rings. The third kappa shape index (κ3) is 4.61. The molecule has 0 saturated carbocycles. The van der Waals surface area contributed by atoms with Gasteiger partial charge in [0.05, 0.1) is 17.3 Å². The zero-order valence-electron chi connectivity index (χ0n) is 14.8. The van der Waals surface area contributed by atoms with E-state index in [1.165, 1.54) is 17.4 Å².